The zero-order valence-corrected chi connectivity index (χ0v) is 14.7. The lowest BCUT2D eigenvalue weighted by molar-refractivity contribution is -0.548. The Morgan fingerprint density at radius 2 is 1.68 bits per heavy atom. The molecule has 0 aliphatic carbocycles. The summed E-state index contributed by atoms with van der Waals surface area (Å²) >= 11 is 0. The number of rotatable bonds is 10. The molecule has 0 bridgehead atoms. The third-order valence-corrected chi connectivity index (χ3v) is 4.28. The van der Waals surface area contributed by atoms with Gasteiger partial charge in [-0.05, 0) is 30.2 Å². The quantitative estimate of drug-likeness (QED) is 0.528. The van der Waals surface area contributed by atoms with Crippen molar-refractivity contribution >= 4 is 10.8 Å². The van der Waals surface area contributed by atoms with Crippen LogP contribution in [0.2, 0.25) is 0 Å². The van der Waals surface area contributed by atoms with Crippen LogP contribution in [0, 0.1) is 10.1 Å². The molecule has 1 unspecified atom stereocenters. The Kier molecular flexibility index (Phi) is 6.87. The molecule has 2 aromatic carbocycles. The summed E-state index contributed by atoms with van der Waals surface area (Å²) in [6, 6.07) is 12.2. The van der Waals surface area contributed by atoms with Crippen molar-refractivity contribution in [2.75, 3.05) is 26.4 Å². The minimum atomic E-state index is -1.69. The molecule has 0 fully saturated rings. The number of nitro groups is 1. The smallest absolute Gasteiger partial charge is 0.249 e. The molecule has 0 heterocycles. The monoisotopic (exact) mass is 347 g/mol. The molecule has 136 valence electrons. The zero-order valence-electron chi connectivity index (χ0n) is 14.7. The molecule has 6 heteroatoms. The van der Waals surface area contributed by atoms with E-state index in [0.717, 1.165) is 16.3 Å². The van der Waals surface area contributed by atoms with E-state index in [0.29, 0.717) is 13.2 Å². The van der Waals surface area contributed by atoms with Gasteiger partial charge in [-0.3, -0.25) is 10.1 Å². The van der Waals surface area contributed by atoms with E-state index in [4.69, 9.17) is 9.47 Å². The van der Waals surface area contributed by atoms with Crippen molar-refractivity contribution in [3.8, 4) is 0 Å². The highest BCUT2D eigenvalue weighted by atomic mass is 16.6. The van der Waals surface area contributed by atoms with E-state index in [2.05, 4.69) is 0 Å². The van der Waals surface area contributed by atoms with E-state index in [1.807, 2.05) is 42.5 Å². The van der Waals surface area contributed by atoms with Crippen molar-refractivity contribution < 1.29 is 19.5 Å². The summed E-state index contributed by atoms with van der Waals surface area (Å²) in [5.41, 5.74) is -0.863. The Bertz CT molecular complexity index is 690. The first-order chi connectivity index (χ1) is 12.0. The van der Waals surface area contributed by atoms with E-state index in [9.17, 15) is 15.2 Å². The number of aliphatic hydroxyl groups is 1. The zero-order chi connectivity index (χ0) is 18.3. The predicted molar refractivity (Wildman–Crippen MR) is 96.4 cm³/mol. The maximum absolute atomic E-state index is 11.7. The summed E-state index contributed by atoms with van der Waals surface area (Å²) in [4.78, 5) is 11.3. The van der Waals surface area contributed by atoms with Gasteiger partial charge in [0.05, 0.1) is 13.2 Å². The fourth-order valence-corrected chi connectivity index (χ4v) is 2.93. The van der Waals surface area contributed by atoms with Crippen LogP contribution in [-0.4, -0.2) is 48.1 Å². The molecule has 2 rings (SSSR count). The van der Waals surface area contributed by atoms with E-state index in [1.54, 1.807) is 13.8 Å². The largest absolute Gasteiger partial charge is 0.378 e. The second kappa shape index (κ2) is 8.89. The van der Waals surface area contributed by atoms with E-state index in [-0.39, 0.29) is 19.6 Å². The van der Waals surface area contributed by atoms with Crippen LogP contribution in [0.15, 0.2) is 42.5 Å². The van der Waals surface area contributed by atoms with Crippen LogP contribution < -0.4 is 0 Å². The van der Waals surface area contributed by atoms with Gasteiger partial charge in [-0.2, -0.15) is 0 Å². The van der Waals surface area contributed by atoms with Gasteiger partial charge in [-0.15, -0.1) is 0 Å². The standard InChI is InChI=1S/C19H25NO5/c1-3-24-13-19(21,14-25-4-2)18(20(22)23)12-16-10-7-9-15-8-5-6-11-17(15)16/h5-11,18,21H,3-4,12-14H2,1-2H3. The molecule has 1 atom stereocenters. The topological polar surface area (TPSA) is 81.8 Å². The third-order valence-electron chi connectivity index (χ3n) is 4.28. The van der Waals surface area contributed by atoms with E-state index >= 15 is 0 Å². The van der Waals surface area contributed by atoms with Crippen LogP contribution in [0.1, 0.15) is 19.4 Å². The second-order valence-electron chi connectivity index (χ2n) is 6.02. The van der Waals surface area contributed by atoms with E-state index in [1.165, 1.54) is 0 Å². The normalized spacial score (nSPS) is 13.1. The minimum absolute atomic E-state index is 0.102. The van der Waals surface area contributed by atoms with Crippen molar-refractivity contribution in [1.29, 1.82) is 0 Å². The van der Waals surface area contributed by atoms with Crippen LogP contribution in [0.3, 0.4) is 0 Å². The first kappa shape index (κ1) is 19.3. The molecule has 6 nitrogen and oxygen atoms in total. The highest BCUT2D eigenvalue weighted by Gasteiger charge is 2.46. The summed E-state index contributed by atoms with van der Waals surface area (Å²) in [5.74, 6) is 0. The number of fused-ring (bicyclic) bond motifs is 1. The molecule has 0 aliphatic heterocycles. The van der Waals surface area contributed by atoms with Crippen molar-refractivity contribution in [1.82, 2.24) is 0 Å². The first-order valence-corrected chi connectivity index (χ1v) is 8.49. The van der Waals surface area contributed by atoms with Crippen molar-refractivity contribution in [2.45, 2.75) is 31.9 Å². The van der Waals surface area contributed by atoms with Gasteiger partial charge in [-0.1, -0.05) is 42.5 Å². The molecule has 0 aliphatic rings. The Labute approximate surface area is 147 Å². The van der Waals surface area contributed by atoms with Crippen molar-refractivity contribution in [2.24, 2.45) is 0 Å². The molecule has 25 heavy (non-hydrogen) atoms. The predicted octanol–water partition coefficient (Wildman–Crippen LogP) is 2.83. The molecule has 0 amide bonds. The molecule has 0 radical (unpaired) electrons. The van der Waals surface area contributed by atoms with Gasteiger partial charge in [0.2, 0.25) is 6.04 Å². The molecule has 0 saturated heterocycles. The summed E-state index contributed by atoms with van der Waals surface area (Å²) in [6.45, 7) is 4.03. The molecule has 0 spiro atoms. The number of hydrogen-bond donors (Lipinski definition) is 1. The van der Waals surface area contributed by atoms with Crippen LogP contribution >= 0.6 is 0 Å². The highest BCUT2D eigenvalue weighted by Crippen LogP contribution is 2.25. The fraction of sp³-hybridized carbons (Fsp3) is 0.474. The Morgan fingerprint density at radius 1 is 1.08 bits per heavy atom. The summed E-state index contributed by atoms with van der Waals surface area (Å²) < 4.78 is 10.6. The molecule has 0 saturated carbocycles. The van der Waals surface area contributed by atoms with Crippen LogP contribution in [-0.2, 0) is 15.9 Å². The average Bonchev–Trinajstić information content (AvgIpc) is 2.62. The highest BCUT2D eigenvalue weighted by molar-refractivity contribution is 5.85. The van der Waals surface area contributed by atoms with Crippen molar-refractivity contribution in [3.63, 3.8) is 0 Å². The number of ether oxygens (including phenoxy) is 2. The molecule has 0 aromatic heterocycles. The number of nitrogens with zero attached hydrogens (tertiary/aromatic N) is 1. The lowest BCUT2D eigenvalue weighted by Gasteiger charge is -2.30. The van der Waals surface area contributed by atoms with E-state index < -0.39 is 16.6 Å². The fourth-order valence-electron chi connectivity index (χ4n) is 2.93. The molecule has 2 aromatic rings. The van der Waals surface area contributed by atoms with Gasteiger partial charge in [-0.25, -0.2) is 0 Å². The van der Waals surface area contributed by atoms with Crippen molar-refractivity contribution in [3.05, 3.63) is 58.1 Å². The number of hydrogen-bond acceptors (Lipinski definition) is 5. The van der Waals surface area contributed by atoms with Crippen LogP contribution in [0.25, 0.3) is 10.8 Å². The Morgan fingerprint density at radius 3 is 2.28 bits per heavy atom. The average molecular weight is 347 g/mol. The number of benzene rings is 2. The minimum Gasteiger partial charge on any atom is -0.378 e. The van der Waals surface area contributed by atoms with Gasteiger partial charge >= 0.3 is 0 Å². The molecular formula is C19H25NO5. The first-order valence-electron chi connectivity index (χ1n) is 8.49. The Hall–Kier alpha value is -2.02. The second-order valence-corrected chi connectivity index (χ2v) is 6.02. The summed E-state index contributed by atoms with van der Waals surface area (Å²) in [7, 11) is 0. The summed E-state index contributed by atoms with van der Waals surface area (Å²) in [5, 5.41) is 24.7. The summed E-state index contributed by atoms with van der Waals surface area (Å²) in [6.07, 6.45) is 0.102. The lowest BCUT2D eigenvalue weighted by Crippen LogP contribution is -2.55. The van der Waals surface area contributed by atoms with Gasteiger partial charge in [0.15, 0.2) is 5.60 Å². The van der Waals surface area contributed by atoms with Gasteiger partial charge in [0, 0.05) is 24.6 Å². The van der Waals surface area contributed by atoms with Gasteiger partial charge in [0.1, 0.15) is 0 Å². The Balaban J connectivity index is 2.36. The molecule has 1 N–H and O–H groups in total. The van der Waals surface area contributed by atoms with Gasteiger partial charge < -0.3 is 14.6 Å². The van der Waals surface area contributed by atoms with Gasteiger partial charge in [0.25, 0.3) is 0 Å². The maximum Gasteiger partial charge on any atom is 0.249 e. The maximum atomic E-state index is 11.7. The third kappa shape index (κ3) is 4.75. The van der Waals surface area contributed by atoms with Crippen LogP contribution in [0.4, 0.5) is 0 Å². The molecular weight excluding hydrogens is 322 g/mol. The SMILES string of the molecule is CCOCC(O)(COCC)C(Cc1cccc2ccccc12)[N+](=O)[O-]. The lowest BCUT2D eigenvalue weighted by atomic mass is 9.89. The van der Waals surface area contributed by atoms with Crippen LogP contribution in [0.5, 0.6) is 0 Å².